The van der Waals surface area contributed by atoms with Crippen LogP contribution in [0.25, 0.3) is 0 Å². The fourth-order valence-corrected chi connectivity index (χ4v) is 1.43. The lowest BCUT2D eigenvalue weighted by Gasteiger charge is -2.29. The Morgan fingerprint density at radius 1 is 1.75 bits per heavy atom. The topological polar surface area (TPSA) is 40.5 Å². The van der Waals surface area contributed by atoms with Crippen molar-refractivity contribution >= 4 is 5.91 Å². The Morgan fingerprint density at radius 3 is 3.08 bits per heavy atom. The first-order chi connectivity index (χ1) is 5.74. The molecule has 3 heteroatoms. The molecule has 0 unspecified atom stereocenters. The second-order valence-corrected chi connectivity index (χ2v) is 3.13. The van der Waals surface area contributed by atoms with Crippen LogP contribution in [0, 0.1) is 0 Å². The van der Waals surface area contributed by atoms with Crippen molar-refractivity contribution in [2.75, 3.05) is 13.1 Å². The number of carbonyl (C=O) groups excluding carboxylic acids is 1. The molecule has 0 aromatic heterocycles. The largest absolute Gasteiger partial charge is 0.391 e. The molecule has 1 fully saturated rings. The van der Waals surface area contributed by atoms with E-state index in [1.165, 1.54) is 0 Å². The molecule has 0 bridgehead atoms. The average molecular weight is 169 g/mol. The minimum Gasteiger partial charge on any atom is -0.391 e. The number of amides is 1. The molecular weight excluding hydrogens is 154 g/mol. The van der Waals surface area contributed by atoms with Gasteiger partial charge in [0.25, 0.3) is 0 Å². The van der Waals surface area contributed by atoms with Crippen LogP contribution in [0.5, 0.6) is 0 Å². The maximum atomic E-state index is 11.3. The summed E-state index contributed by atoms with van der Waals surface area (Å²) in [6.45, 7) is 4.78. The summed E-state index contributed by atoms with van der Waals surface area (Å²) in [6.07, 6.45) is 3.38. The second-order valence-electron chi connectivity index (χ2n) is 3.13. The van der Waals surface area contributed by atoms with Gasteiger partial charge in [-0.05, 0) is 12.8 Å². The number of hydrogen-bond donors (Lipinski definition) is 1. The SMILES string of the molecule is C=CCC(=O)N1CCC[C@H](O)C1. The molecule has 0 aliphatic carbocycles. The Labute approximate surface area is 72.7 Å². The third kappa shape index (κ3) is 2.34. The van der Waals surface area contributed by atoms with Gasteiger partial charge in [-0.1, -0.05) is 6.08 Å². The van der Waals surface area contributed by atoms with E-state index in [-0.39, 0.29) is 12.0 Å². The summed E-state index contributed by atoms with van der Waals surface area (Å²) in [4.78, 5) is 13.0. The highest BCUT2D eigenvalue weighted by Crippen LogP contribution is 2.10. The highest BCUT2D eigenvalue weighted by Gasteiger charge is 2.20. The fourth-order valence-electron chi connectivity index (χ4n) is 1.43. The van der Waals surface area contributed by atoms with Crippen molar-refractivity contribution in [3.63, 3.8) is 0 Å². The van der Waals surface area contributed by atoms with Crippen molar-refractivity contribution in [2.45, 2.75) is 25.4 Å². The van der Waals surface area contributed by atoms with Gasteiger partial charge in [-0.3, -0.25) is 4.79 Å². The molecule has 0 saturated carbocycles. The Hall–Kier alpha value is -0.830. The first kappa shape index (κ1) is 9.26. The van der Waals surface area contributed by atoms with Crippen molar-refractivity contribution in [2.24, 2.45) is 0 Å². The summed E-state index contributed by atoms with van der Waals surface area (Å²) in [5.41, 5.74) is 0. The molecule has 1 N–H and O–H groups in total. The smallest absolute Gasteiger partial charge is 0.226 e. The molecule has 0 aromatic rings. The molecule has 1 rings (SSSR count). The van der Waals surface area contributed by atoms with Crippen LogP contribution < -0.4 is 0 Å². The van der Waals surface area contributed by atoms with Gasteiger partial charge in [0.15, 0.2) is 0 Å². The molecule has 1 amide bonds. The first-order valence-electron chi connectivity index (χ1n) is 4.30. The van der Waals surface area contributed by atoms with E-state index in [4.69, 9.17) is 0 Å². The summed E-state index contributed by atoms with van der Waals surface area (Å²) in [6, 6.07) is 0. The summed E-state index contributed by atoms with van der Waals surface area (Å²) < 4.78 is 0. The van der Waals surface area contributed by atoms with Crippen LogP contribution in [0.4, 0.5) is 0 Å². The van der Waals surface area contributed by atoms with E-state index in [0.29, 0.717) is 13.0 Å². The van der Waals surface area contributed by atoms with E-state index in [9.17, 15) is 9.90 Å². The zero-order chi connectivity index (χ0) is 8.97. The van der Waals surface area contributed by atoms with E-state index in [0.717, 1.165) is 19.4 Å². The minimum atomic E-state index is -0.326. The predicted molar refractivity (Wildman–Crippen MR) is 46.6 cm³/mol. The zero-order valence-electron chi connectivity index (χ0n) is 7.20. The van der Waals surface area contributed by atoms with Crippen LogP contribution in [0.3, 0.4) is 0 Å². The van der Waals surface area contributed by atoms with Crippen LogP contribution in [-0.2, 0) is 4.79 Å². The summed E-state index contributed by atoms with van der Waals surface area (Å²) in [5.74, 6) is 0.0729. The van der Waals surface area contributed by atoms with E-state index in [1.54, 1.807) is 11.0 Å². The third-order valence-electron chi connectivity index (χ3n) is 2.07. The molecule has 1 aliphatic heterocycles. The number of hydrogen-bond acceptors (Lipinski definition) is 2. The van der Waals surface area contributed by atoms with Crippen molar-refractivity contribution in [1.29, 1.82) is 0 Å². The van der Waals surface area contributed by atoms with E-state index < -0.39 is 0 Å². The van der Waals surface area contributed by atoms with Gasteiger partial charge < -0.3 is 10.0 Å². The van der Waals surface area contributed by atoms with E-state index in [2.05, 4.69) is 6.58 Å². The highest BCUT2D eigenvalue weighted by molar-refractivity contribution is 5.77. The lowest BCUT2D eigenvalue weighted by Crippen LogP contribution is -2.41. The first-order valence-corrected chi connectivity index (χ1v) is 4.30. The van der Waals surface area contributed by atoms with Gasteiger partial charge in [0, 0.05) is 19.5 Å². The molecule has 1 atom stereocenters. The number of likely N-dealkylation sites (tertiary alicyclic amines) is 1. The van der Waals surface area contributed by atoms with Gasteiger partial charge in [0.2, 0.25) is 5.91 Å². The Balaban J connectivity index is 2.39. The van der Waals surface area contributed by atoms with Gasteiger partial charge >= 0.3 is 0 Å². The third-order valence-corrected chi connectivity index (χ3v) is 2.07. The number of piperidine rings is 1. The van der Waals surface area contributed by atoms with Gasteiger partial charge in [0.1, 0.15) is 0 Å². The molecule has 0 aromatic carbocycles. The summed E-state index contributed by atoms with van der Waals surface area (Å²) in [5, 5.41) is 9.28. The number of rotatable bonds is 2. The average Bonchev–Trinajstić information content (AvgIpc) is 2.05. The van der Waals surface area contributed by atoms with Crippen LogP contribution in [0.15, 0.2) is 12.7 Å². The molecule has 68 valence electrons. The van der Waals surface area contributed by atoms with Gasteiger partial charge in [0.05, 0.1) is 6.10 Å². The van der Waals surface area contributed by atoms with Crippen molar-refractivity contribution in [1.82, 2.24) is 4.90 Å². The van der Waals surface area contributed by atoms with Crippen molar-refractivity contribution in [3.8, 4) is 0 Å². The van der Waals surface area contributed by atoms with E-state index in [1.807, 2.05) is 0 Å². The zero-order valence-corrected chi connectivity index (χ0v) is 7.20. The Morgan fingerprint density at radius 2 is 2.50 bits per heavy atom. The maximum Gasteiger partial charge on any atom is 0.226 e. The second kappa shape index (κ2) is 4.26. The van der Waals surface area contributed by atoms with Crippen molar-refractivity contribution < 1.29 is 9.90 Å². The number of carbonyl (C=O) groups is 1. The highest BCUT2D eigenvalue weighted by atomic mass is 16.3. The van der Waals surface area contributed by atoms with Gasteiger partial charge in [-0.25, -0.2) is 0 Å². The fraction of sp³-hybridized carbons (Fsp3) is 0.667. The number of nitrogens with zero attached hydrogens (tertiary/aromatic N) is 1. The molecule has 1 aliphatic rings. The van der Waals surface area contributed by atoms with Crippen molar-refractivity contribution in [3.05, 3.63) is 12.7 Å². The molecule has 3 nitrogen and oxygen atoms in total. The summed E-state index contributed by atoms with van der Waals surface area (Å²) >= 11 is 0. The Kier molecular flexibility index (Phi) is 3.29. The normalized spacial score (nSPS) is 23.8. The number of aliphatic hydroxyl groups is 1. The maximum absolute atomic E-state index is 11.3. The Bertz CT molecular complexity index is 179. The molecule has 12 heavy (non-hydrogen) atoms. The van der Waals surface area contributed by atoms with Gasteiger partial charge in [-0.2, -0.15) is 0 Å². The molecule has 0 radical (unpaired) electrons. The van der Waals surface area contributed by atoms with Crippen LogP contribution in [-0.4, -0.2) is 35.1 Å². The number of aliphatic hydroxyl groups excluding tert-OH is 1. The molecule has 1 saturated heterocycles. The molecular formula is C9H15NO2. The van der Waals surface area contributed by atoms with Crippen LogP contribution >= 0.6 is 0 Å². The molecule has 0 spiro atoms. The standard InChI is InChI=1S/C9H15NO2/c1-2-4-9(12)10-6-3-5-8(11)7-10/h2,8,11H,1,3-7H2/t8-/m0/s1. The number of β-amino-alcohol motifs (C(OH)–C–C–N with tert-alkyl or cyclic N) is 1. The van der Waals surface area contributed by atoms with Crippen LogP contribution in [0.2, 0.25) is 0 Å². The minimum absolute atomic E-state index is 0.0729. The van der Waals surface area contributed by atoms with Crippen LogP contribution in [0.1, 0.15) is 19.3 Å². The lowest BCUT2D eigenvalue weighted by atomic mass is 10.1. The molecule has 1 heterocycles. The predicted octanol–water partition coefficient (Wildman–Crippen LogP) is 0.546. The van der Waals surface area contributed by atoms with E-state index >= 15 is 0 Å². The lowest BCUT2D eigenvalue weighted by molar-refractivity contribution is -0.133. The summed E-state index contributed by atoms with van der Waals surface area (Å²) in [7, 11) is 0. The van der Waals surface area contributed by atoms with Gasteiger partial charge in [-0.15, -0.1) is 6.58 Å². The quantitative estimate of drug-likeness (QED) is 0.613. The monoisotopic (exact) mass is 169 g/mol.